The summed E-state index contributed by atoms with van der Waals surface area (Å²) in [5.74, 6) is 1.11. The number of rotatable bonds is 7. The van der Waals surface area contributed by atoms with Crippen LogP contribution in [0.5, 0.6) is 5.75 Å². The van der Waals surface area contributed by atoms with E-state index in [9.17, 15) is 9.90 Å². The van der Waals surface area contributed by atoms with Crippen LogP contribution in [0.15, 0.2) is 66.7 Å². The second kappa shape index (κ2) is 10.6. The van der Waals surface area contributed by atoms with Crippen LogP contribution in [-0.4, -0.2) is 16.8 Å². The van der Waals surface area contributed by atoms with E-state index < -0.39 is 0 Å². The molecule has 3 aromatic carbocycles. The molecule has 0 aliphatic carbocycles. The van der Waals surface area contributed by atoms with Crippen LogP contribution in [0.4, 0.5) is 17.1 Å². The van der Waals surface area contributed by atoms with Crippen LogP contribution in [0.3, 0.4) is 0 Å². The van der Waals surface area contributed by atoms with Crippen molar-refractivity contribution in [1.29, 1.82) is 0 Å². The standard InChI is InChI=1S/C29H36N2O2S/c1-28(2,3)23-16-22(30-26(33)19-34-18-20-12-10-11-15-25(20)32)17-24(29(4,5)6)27(23)31-21-13-8-7-9-14-21/h7-17,31-32H,18-19H2,1-6H3,(H,30,33). The van der Waals surface area contributed by atoms with Crippen molar-refractivity contribution in [3.05, 3.63) is 83.4 Å². The Labute approximate surface area is 208 Å². The molecule has 1 amide bonds. The lowest BCUT2D eigenvalue weighted by atomic mass is 9.78. The number of hydrogen-bond donors (Lipinski definition) is 3. The molecule has 0 radical (unpaired) electrons. The van der Waals surface area contributed by atoms with Crippen LogP contribution in [0.25, 0.3) is 0 Å². The summed E-state index contributed by atoms with van der Waals surface area (Å²) in [6.45, 7) is 13.2. The van der Waals surface area contributed by atoms with E-state index in [-0.39, 0.29) is 22.5 Å². The molecular weight excluding hydrogens is 440 g/mol. The molecule has 180 valence electrons. The van der Waals surface area contributed by atoms with Gasteiger partial charge in [0.1, 0.15) is 5.75 Å². The molecule has 0 atom stereocenters. The maximum Gasteiger partial charge on any atom is 0.234 e. The van der Waals surface area contributed by atoms with Gasteiger partial charge in [0.2, 0.25) is 5.91 Å². The molecule has 0 aliphatic rings. The smallest absolute Gasteiger partial charge is 0.234 e. The Bertz CT molecular complexity index is 1090. The van der Waals surface area contributed by atoms with Gasteiger partial charge < -0.3 is 15.7 Å². The second-order valence-corrected chi connectivity index (χ2v) is 11.6. The van der Waals surface area contributed by atoms with Crippen molar-refractivity contribution in [1.82, 2.24) is 0 Å². The largest absolute Gasteiger partial charge is 0.508 e. The van der Waals surface area contributed by atoms with E-state index in [1.807, 2.05) is 30.3 Å². The number of anilines is 3. The van der Waals surface area contributed by atoms with Crippen LogP contribution >= 0.6 is 11.8 Å². The average molecular weight is 477 g/mol. The molecule has 0 fully saturated rings. The van der Waals surface area contributed by atoms with Gasteiger partial charge in [-0.3, -0.25) is 4.79 Å². The Balaban J connectivity index is 1.86. The normalized spacial score (nSPS) is 11.8. The fourth-order valence-electron chi connectivity index (χ4n) is 3.78. The van der Waals surface area contributed by atoms with Gasteiger partial charge in [-0.2, -0.15) is 0 Å². The highest BCUT2D eigenvalue weighted by atomic mass is 32.2. The maximum atomic E-state index is 12.8. The van der Waals surface area contributed by atoms with E-state index in [0.717, 1.165) is 33.8 Å². The number of para-hydroxylation sites is 2. The number of aromatic hydroxyl groups is 1. The Morgan fingerprint density at radius 3 is 1.94 bits per heavy atom. The van der Waals surface area contributed by atoms with Crippen molar-refractivity contribution in [3.8, 4) is 5.75 Å². The maximum absolute atomic E-state index is 12.8. The van der Waals surface area contributed by atoms with Gasteiger partial charge in [0, 0.05) is 28.4 Å². The minimum atomic E-state index is -0.128. The van der Waals surface area contributed by atoms with E-state index in [1.165, 1.54) is 11.8 Å². The monoisotopic (exact) mass is 476 g/mol. The van der Waals surface area contributed by atoms with Gasteiger partial charge in [0.05, 0.1) is 5.75 Å². The molecule has 0 spiro atoms. The summed E-state index contributed by atoms with van der Waals surface area (Å²) < 4.78 is 0. The van der Waals surface area contributed by atoms with Crippen LogP contribution < -0.4 is 10.6 Å². The number of amides is 1. The Morgan fingerprint density at radius 2 is 1.38 bits per heavy atom. The summed E-state index contributed by atoms with van der Waals surface area (Å²) in [6, 6.07) is 21.6. The average Bonchev–Trinajstić information content (AvgIpc) is 2.75. The zero-order valence-electron chi connectivity index (χ0n) is 21.0. The topological polar surface area (TPSA) is 61.4 Å². The van der Waals surface area contributed by atoms with Gasteiger partial charge in [-0.05, 0) is 52.3 Å². The van der Waals surface area contributed by atoms with E-state index in [1.54, 1.807) is 12.1 Å². The zero-order chi connectivity index (χ0) is 24.9. The first kappa shape index (κ1) is 25.7. The molecular formula is C29H36N2O2S. The third-order valence-corrected chi connectivity index (χ3v) is 6.55. The number of phenolic OH excluding ortho intramolecular Hbond substituents is 1. The fourth-order valence-corrected chi connectivity index (χ4v) is 4.61. The van der Waals surface area contributed by atoms with E-state index in [2.05, 4.69) is 76.4 Å². The molecule has 0 saturated heterocycles. The number of thioether (sulfide) groups is 1. The number of phenols is 1. The van der Waals surface area contributed by atoms with Gasteiger partial charge in [0.25, 0.3) is 0 Å². The first-order valence-corrected chi connectivity index (χ1v) is 12.8. The molecule has 3 rings (SSSR count). The number of carbonyl (C=O) groups is 1. The van der Waals surface area contributed by atoms with Crippen molar-refractivity contribution in [3.63, 3.8) is 0 Å². The van der Waals surface area contributed by atoms with Gasteiger partial charge >= 0.3 is 0 Å². The van der Waals surface area contributed by atoms with Gasteiger partial charge in [-0.15, -0.1) is 11.8 Å². The van der Waals surface area contributed by atoms with Crippen molar-refractivity contribution in [2.45, 2.75) is 58.1 Å². The summed E-state index contributed by atoms with van der Waals surface area (Å²) in [7, 11) is 0. The number of hydrogen-bond acceptors (Lipinski definition) is 4. The third kappa shape index (κ3) is 6.80. The van der Waals surface area contributed by atoms with Crippen molar-refractivity contribution in [2.24, 2.45) is 0 Å². The summed E-state index contributed by atoms with van der Waals surface area (Å²) in [5, 5.41) is 16.7. The lowest BCUT2D eigenvalue weighted by Gasteiger charge is -2.31. The highest BCUT2D eigenvalue weighted by molar-refractivity contribution is 7.99. The molecule has 34 heavy (non-hydrogen) atoms. The van der Waals surface area contributed by atoms with Gasteiger partial charge in [-0.25, -0.2) is 0 Å². The minimum absolute atomic E-state index is 0.0519. The lowest BCUT2D eigenvalue weighted by Crippen LogP contribution is -2.22. The van der Waals surface area contributed by atoms with Crippen molar-refractivity contribution < 1.29 is 9.90 Å². The second-order valence-electron chi connectivity index (χ2n) is 10.6. The van der Waals surface area contributed by atoms with E-state index in [4.69, 9.17) is 0 Å². The highest BCUT2D eigenvalue weighted by Crippen LogP contribution is 2.41. The Morgan fingerprint density at radius 1 is 0.824 bits per heavy atom. The molecule has 3 aromatic rings. The summed E-state index contributed by atoms with van der Waals surface area (Å²) >= 11 is 1.49. The predicted octanol–water partition coefficient (Wildman–Crippen LogP) is 7.60. The molecule has 0 aromatic heterocycles. The summed E-state index contributed by atoms with van der Waals surface area (Å²) in [6.07, 6.45) is 0. The van der Waals surface area contributed by atoms with Crippen molar-refractivity contribution in [2.75, 3.05) is 16.4 Å². The van der Waals surface area contributed by atoms with E-state index >= 15 is 0 Å². The first-order valence-electron chi connectivity index (χ1n) is 11.6. The quantitative estimate of drug-likeness (QED) is 0.328. The third-order valence-electron chi connectivity index (χ3n) is 5.56. The zero-order valence-corrected chi connectivity index (χ0v) is 21.8. The van der Waals surface area contributed by atoms with Gasteiger partial charge in [0.15, 0.2) is 0 Å². The fraction of sp³-hybridized carbons (Fsp3) is 0.345. The molecule has 0 heterocycles. The minimum Gasteiger partial charge on any atom is -0.508 e. The predicted molar refractivity (Wildman–Crippen MR) is 146 cm³/mol. The van der Waals surface area contributed by atoms with Crippen LogP contribution in [0, 0.1) is 0 Å². The molecule has 4 nitrogen and oxygen atoms in total. The lowest BCUT2D eigenvalue weighted by molar-refractivity contribution is -0.113. The van der Waals surface area contributed by atoms with Crippen LogP contribution in [-0.2, 0) is 21.4 Å². The SMILES string of the molecule is CC(C)(C)c1cc(NC(=O)CSCc2ccccc2O)cc(C(C)(C)C)c1Nc1ccccc1. The number of nitrogens with one attached hydrogen (secondary N) is 2. The number of carbonyl (C=O) groups excluding carboxylic acids is 1. The summed E-state index contributed by atoms with van der Waals surface area (Å²) in [5.41, 5.74) is 5.83. The summed E-state index contributed by atoms with van der Waals surface area (Å²) in [4.78, 5) is 12.8. The van der Waals surface area contributed by atoms with Crippen molar-refractivity contribution >= 4 is 34.7 Å². The van der Waals surface area contributed by atoms with Crippen LogP contribution in [0.2, 0.25) is 0 Å². The molecule has 0 bridgehead atoms. The number of benzene rings is 3. The molecule has 0 unspecified atom stereocenters. The van der Waals surface area contributed by atoms with Crippen LogP contribution in [0.1, 0.15) is 58.2 Å². The Hall–Kier alpha value is -2.92. The molecule has 5 heteroatoms. The highest BCUT2D eigenvalue weighted by Gasteiger charge is 2.27. The Kier molecular flexibility index (Phi) is 7.98. The molecule has 0 saturated carbocycles. The van der Waals surface area contributed by atoms with Gasteiger partial charge in [-0.1, -0.05) is 77.9 Å². The first-order chi connectivity index (χ1) is 15.9. The molecule has 3 N–H and O–H groups in total. The molecule has 0 aliphatic heterocycles. The van der Waals surface area contributed by atoms with E-state index in [0.29, 0.717) is 11.5 Å².